The lowest BCUT2D eigenvalue weighted by Gasteiger charge is -2.14. The molecule has 1 amide bonds. The maximum atomic E-state index is 12.8. The zero-order valence-electron chi connectivity index (χ0n) is 19.2. The number of carbonyl (C=O) groups excluding carboxylic acids is 5. The van der Waals surface area contributed by atoms with E-state index in [1.807, 2.05) is 0 Å². The number of benzene rings is 1. The third-order valence-corrected chi connectivity index (χ3v) is 6.20. The average Bonchev–Trinajstić information content (AvgIpc) is 3.37. The van der Waals surface area contributed by atoms with Crippen LogP contribution >= 0.6 is 11.8 Å². The lowest BCUT2D eigenvalue weighted by atomic mass is 10.1. The minimum absolute atomic E-state index is 0.141. The third-order valence-electron chi connectivity index (χ3n) is 5.26. The maximum absolute atomic E-state index is 12.8. The highest BCUT2D eigenvalue weighted by Gasteiger charge is 2.25. The van der Waals surface area contributed by atoms with Gasteiger partial charge in [0.2, 0.25) is 11.7 Å². The van der Waals surface area contributed by atoms with Crippen molar-refractivity contribution in [2.75, 3.05) is 39.0 Å². The molecule has 0 radical (unpaired) electrons. The van der Waals surface area contributed by atoms with Crippen molar-refractivity contribution in [3.05, 3.63) is 52.3 Å². The Morgan fingerprint density at radius 2 is 1.59 bits per heavy atom. The fourth-order valence-electron chi connectivity index (χ4n) is 3.62. The Balaban J connectivity index is 1.84. The Hall–Kier alpha value is -3.60. The molecule has 10 nitrogen and oxygen atoms in total. The molecule has 2 heterocycles. The van der Waals surface area contributed by atoms with Crippen LogP contribution in [0.5, 0.6) is 0 Å². The van der Waals surface area contributed by atoms with E-state index in [-0.39, 0.29) is 23.6 Å². The van der Waals surface area contributed by atoms with E-state index < -0.39 is 30.3 Å². The van der Waals surface area contributed by atoms with Gasteiger partial charge in [-0.15, -0.1) is 11.8 Å². The summed E-state index contributed by atoms with van der Waals surface area (Å²) in [6.45, 7) is 2.78. The number of hydrogen-bond donors (Lipinski definition) is 0. The molecule has 0 N–H and O–H groups in total. The van der Waals surface area contributed by atoms with Crippen LogP contribution in [0.3, 0.4) is 0 Å². The van der Waals surface area contributed by atoms with Gasteiger partial charge in [-0.25, -0.2) is 9.59 Å². The number of carbonyl (C=O) groups is 5. The molecular formula is C23H24N2O8S. The number of esters is 3. The first-order chi connectivity index (χ1) is 16.2. The van der Waals surface area contributed by atoms with Crippen molar-refractivity contribution in [3.63, 3.8) is 0 Å². The molecule has 0 unspecified atom stereocenters. The van der Waals surface area contributed by atoms with Gasteiger partial charge < -0.3 is 23.7 Å². The fourth-order valence-corrected chi connectivity index (χ4v) is 4.52. The number of nitrogens with zero attached hydrogens (tertiary/aromatic N) is 2. The van der Waals surface area contributed by atoms with Crippen molar-refractivity contribution in [3.8, 4) is 5.69 Å². The number of aryl methyl sites for hydroxylation is 1. The maximum Gasteiger partial charge on any atom is 0.337 e. The van der Waals surface area contributed by atoms with Gasteiger partial charge >= 0.3 is 17.9 Å². The normalized spacial score (nSPS) is 13.1. The van der Waals surface area contributed by atoms with Crippen LogP contribution in [-0.2, 0) is 23.8 Å². The zero-order chi connectivity index (χ0) is 25.0. The number of aromatic nitrogens is 1. The van der Waals surface area contributed by atoms with E-state index in [4.69, 9.17) is 14.2 Å². The Bertz CT molecular complexity index is 1140. The number of thioether (sulfide) groups is 1. The quantitative estimate of drug-likeness (QED) is 0.312. The van der Waals surface area contributed by atoms with Gasteiger partial charge in [0.25, 0.3) is 0 Å². The van der Waals surface area contributed by atoms with E-state index in [2.05, 4.69) is 0 Å². The summed E-state index contributed by atoms with van der Waals surface area (Å²) >= 11 is 1.41. The van der Waals surface area contributed by atoms with Crippen LogP contribution in [0.1, 0.15) is 42.5 Å². The standard InChI is InChI=1S/C23H24N2O8S/c1-13-5-18(19(26)10-33-21(28)9-24-12-34-11-20(24)27)14(2)25(13)17-7-15(22(29)31-3)6-16(8-17)23(30)32-4/h5-8H,9-12H2,1-4H3. The molecule has 3 rings (SSSR count). The average molecular weight is 489 g/mol. The van der Waals surface area contributed by atoms with Crippen LogP contribution < -0.4 is 0 Å². The minimum Gasteiger partial charge on any atom is -0.465 e. The topological polar surface area (TPSA) is 121 Å². The molecule has 0 aliphatic carbocycles. The van der Waals surface area contributed by atoms with Gasteiger partial charge in [-0.2, -0.15) is 0 Å². The molecule has 0 atom stereocenters. The number of rotatable bonds is 8. The van der Waals surface area contributed by atoms with E-state index in [0.717, 1.165) is 0 Å². The van der Waals surface area contributed by atoms with E-state index in [9.17, 15) is 24.0 Å². The summed E-state index contributed by atoms with van der Waals surface area (Å²) in [4.78, 5) is 62.1. The second-order valence-corrected chi connectivity index (χ2v) is 8.48. The smallest absolute Gasteiger partial charge is 0.337 e. The molecule has 180 valence electrons. The number of ketones is 1. The Morgan fingerprint density at radius 1 is 0.971 bits per heavy atom. The van der Waals surface area contributed by atoms with E-state index in [1.165, 1.54) is 49.1 Å². The van der Waals surface area contributed by atoms with Crippen LogP contribution in [0.4, 0.5) is 0 Å². The zero-order valence-corrected chi connectivity index (χ0v) is 20.0. The first kappa shape index (κ1) is 25.0. The highest BCUT2D eigenvalue weighted by Crippen LogP contribution is 2.24. The summed E-state index contributed by atoms with van der Waals surface area (Å²) in [5.74, 6) is -1.75. The summed E-state index contributed by atoms with van der Waals surface area (Å²) in [7, 11) is 2.46. The van der Waals surface area contributed by atoms with E-state index in [1.54, 1.807) is 24.5 Å². The van der Waals surface area contributed by atoms with E-state index in [0.29, 0.717) is 34.3 Å². The fraction of sp³-hybridized carbons (Fsp3) is 0.348. The Labute approximate surface area is 200 Å². The van der Waals surface area contributed by atoms with Crippen LogP contribution in [0.25, 0.3) is 5.69 Å². The molecule has 0 spiro atoms. The summed E-state index contributed by atoms with van der Waals surface area (Å²) in [6, 6.07) is 6.08. The molecule has 1 aliphatic rings. The molecular weight excluding hydrogens is 464 g/mol. The van der Waals surface area contributed by atoms with Gasteiger partial charge in [0.05, 0.1) is 37.0 Å². The first-order valence-corrected chi connectivity index (χ1v) is 11.4. The van der Waals surface area contributed by atoms with Gasteiger partial charge in [-0.05, 0) is 38.1 Å². The van der Waals surface area contributed by atoms with Gasteiger partial charge in [0.1, 0.15) is 6.54 Å². The van der Waals surface area contributed by atoms with Crippen molar-refractivity contribution in [1.29, 1.82) is 0 Å². The van der Waals surface area contributed by atoms with Crippen molar-refractivity contribution in [2.45, 2.75) is 13.8 Å². The van der Waals surface area contributed by atoms with Gasteiger partial charge in [-0.1, -0.05) is 0 Å². The van der Waals surface area contributed by atoms with Crippen molar-refractivity contribution in [2.24, 2.45) is 0 Å². The largest absolute Gasteiger partial charge is 0.465 e. The number of Topliss-reactive ketones (excluding diaryl/α,β-unsaturated/α-hetero) is 1. The van der Waals surface area contributed by atoms with Crippen LogP contribution in [0.15, 0.2) is 24.3 Å². The second kappa shape index (κ2) is 10.6. The molecule has 1 fully saturated rings. The monoisotopic (exact) mass is 488 g/mol. The predicted octanol–water partition coefficient (Wildman–Crippen LogP) is 1.93. The van der Waals surface area contributed by atoms with Crippen molar-refractivity contribution >= 4 is 41.4 Å². The molecule has 0 saturated carbocycles. The highest BCUT2D eigenvalue weighted by atomic mass is 32.2. The second-order valence-electron chi connectivity index (χ2n) is 7.53. The summed E-state index contributed by atoms with van der Waals surface area (Å²) in [6.07, 6.45) is 0. The molecule has 1 aromatic heterocycles. The lowest BCUT2D eigenvalue weighted by molar-refractivity contribution is -0.146. The van der Waals surface area contributed by atoms with Crippen LogP contribution in [-0.4, -0.2) is 78.1 Å². The first-order valence-electron chi connectivity index (χ1n) is 10.2. The minimum atomic E-state index is -0.661. The SMILES string of the molecule is COC(=O)c1cc(C(=O)OC)cc(-n2c(C)cc(C(=O)COC(=O)CN3CSCC3=O)c2C)c1. The Morgan fingerprint density at radius 3 is 2.12 bits per heavy atom. The third kappa shape index (κ3) is 5.30. The Kier molecular flexibility index (Phi) is 7.77. The van der Waals surface area contributed by atoms with Crippen molar-refractivity contribution in [1.82, 2.24) is 9.47 Å². The number of ether oxygens (including phenoxy) is 3. The molecule has 34 heavy (non-hydrogen) atoms. The molecule has 0 bridgehead atoms. The highest BCUT2D eigenvalue weighted by molar-refractivity contribution is 8.00. The van der Waals surface area contributed by atoms with Gasteiger partial charge in [-0.3, -0.25) is 14.4 Å². The molecule has 1 aliphatic heterocycles. The number of hydrogen-bond acceptors (Lipinski definition) is 9. The predicted molar refractivity (Wildman–Crippen MR) is 122 cm³/mol. The molecule has 11 heteroatoms. The summed E-state index contributed by atoms with van der Waals surface area (Å²) in [5.41, 5.74) is 2.25. The van der Waals surface area contributed by atoms with Gasteiger partial charge in [0, 0.05) is 22.6 Å². The number of methoxy groups -OCH3 is 2. The van der Waals surface area contributed by atoms with Crippen LogP contribution in [0.2, 0.25) is 0 Å². The summed E-state index contributed by atoms with van der Waals surface area (Å²) in [5, 5.41) is 0. The molecule has 1 saturated heterocycles. The van der Waals surface area contributed by atoms with Crippen LogP contribution in [0, 0.1) is 13.8 Å². The summed E-state index contributed by atoms with van der Waals surface area (Å²) < 4.78 is 16.3. The van der Waals surface area contributed by atoms with Gasteiger partial charge in [0.15, 0.2) is 6.61 Å². The molecule has 2 aromatic rings. The molecule has 1 aromatic carbocycles. The lowest BCUT2D eigenvalue weighted by Crippen LogP contribution is -2.33. The van der Waals surface area contributed by atoms with E-state index >= 15 is 0 Å². The van der Waals surface area contributed by atoms with Crippen molar-refractivity contribution < 1.29 is 38.2 Å². The number of amides is 1.